The van der Waals surface area contributed by atoms with Gasteiger partial charge < -0.3 is 55.2 Å². The third-order valence-electron chi connectivity index (χ3n) is 6.88. The minimum Gasteiger partial charge on any atom is -0.387 e. The van der Waals surface area contributed by atoms with Crippen LogP contribution in [0.25, 0.3) is 11.2 Å². The molecule has 2 aliphatic heterocycles. The van der Waals surface area contributed by atoms with E-state index in [4.69, 9.17) is 15.2 Å². The van der Waals surface area contributed by atoms with Crippen molar-refractivity contribution in [1.82, 2.24) is 29.1 Å². The summed E-state index contributed by atoms with van der Waals surface area (Å²) >= 11 is 0. The number of anilines is 1. The van der Waals surface area contributed by atoms with Gasteiger partial charge in [-0.25, -0.2) is 38.0 Å². The van der Waals surface area contributed by atoms with Crippen molar-refractivity contribution in [3.05, 3.63) is 45.8 Å². The molecule has 32 heteroatoms. The molecule has 3 aromatic rings. The molecule has 0 bridgehead atoms. The molecule has 2 fully saturated rings. The predicted octanol–water partition coefficient (Wildman–Crippen LogP) is -3.32. The summed E-state index contributed by atoms with van der Waals surface area (Å²) in [4.78, 5) is 76.1. The molecule has 12 atom stereocenters. The number of nitrogens with two attached hydrogens (primary N) is 1. The Morgan fingerprint density at radius 1 is 0.745 bits per heavy atom. The topological polar surface area (TPSA) is 419 Å². The molecule has 0 amide bonds. The van der Waals surface area contributed by atoms with E-state index in [1.165, 1.54) is 0 Å². The van der Waals surface area contributed by atoms with Crippen LogP contribution in [0.5, 0.6) is 0 Å². The van der Waals surface area contributed by atoms with Gasteiger partial charge in [-0.1, -0.05) is 0 Å². The number of H-pyrrole nitrogens is 1. The van der Waals surface area contributed by atoms with Crippen LogP contribution in [0.1, 0.15) is 12.5 Å². The summed E-state index contributed by atoms with van der Waals surface area (Å²) in [7, 11) is -24.0. The number of rotatable bonds is 14. The van der Waals surface area contributed by atoms with E-state index in [-0.39, 0.29) is 17.0 Å². The zero-order valence-electron chi connectivity index (χ0n) is 24.8. The van der Waals surface area contributed by atoms with E-state index in [2.05, 4.69) is 36.9 Å². The molecule has 0 radical (unpaired) electrons. The molecule has 3 aromatic heterocycles. The minimum atomic E-state index is -6.22. The van der Waals surface area contributed by atoms with Gasteiger partial charge >= 0.3 is 37.0 Å². The summed E-state index contributed by atoms with van der Waals surface area (Å²) in [6.07, 6.45) is -10.6. The molecule has 2 saturated heterocycles. The maximum Gasteiger partial charge on any atom is 0.490 e. The maximum atomic E-state index is 12.4. The number of imidazole rings is 1. The maximum absolute atomic E-state index is 12.4. The van der Waals surface area contributed by atoms with Crippen molar-refractivity contribution in [1.29, 1.82) is 0 Å². The number of nitrogens with one attached hydrogen (secondary N) is 1. The largest absolute Gasteiger partial charge is 0.490 e. The van der Waals surface area contributed by atoms with E-state index >= 15 is 0 Å². The molecule has 0 aromatic carbocycles. The minimum absolute atomic E-state index is 0.0228. The van der Waals surface area contributed by atoms with Gasteiger partial charge in [0.15, 0.2) is 23.9 Å². The molecule has 2 aliphatic rings. The van der Waals surface area contributed by atoms with Gasteiger partial charge in [-0.2, -0.15) is 12.9 Å². The van der Waals surface area contributed by atoms with Crippen molar-refractivity contribution >= 4 is 48.3 Å². The van der Waals surface area contributed by atoms with Gasteiger partial charge in [-0.05, 0) is 0 Å². The average molecular weight is 813 g/mol. The Bertz CT molecular complexity index is 2080. The Labute approximate surface area is 281 Å². The smallest absolute Gasteiger partial charge is 0.387 e. The van der Waals surface area contributed by atoms with E-state index in [9.17, 15) is 67.8 Å². The van der Waals surface area contributed by atoms with E-state index < -0.39 is 105 Å². The molecular formula is C19H27N7O21P4. The fraction of sp³-hybridized carbons (Fsp3) is 0.526. The molecular weight excluding hydrogens is 786 g/mol. The van der Waals surface area contributed by atoms with Crippen molar-refractivity contribution in [3.8, 4) is 0 Å². The number of hydrogen-bond acceptors (Lipinski definition) is 21. The Morgan fingerprint density at radius 3 is 1.75 bits per heavy atom. The van der Waals surface area contributed by atoms with Crippen LogP contribution in [0.4, 0.5) is 5.82 Å². The number of aliphatic hydroxyl groups excluding tert-OH is 4. The summed E-state index contributed by atoms with van der Waals surface area (Å²) < 4.78 is 82.0. The second-order valence-electron chi connectivity index (χ2n) is 10.4. The van der Waals surface area contributed by atoms with Crippen LogP contribution in [-0.2, 0) is 49.7 Å². The van der Waals surface area contributed by atoms with E-state index in [1.807, 2.05) is 4.98 Å². The number of aromatic amines is 1. The predicted molar refractivity (Wildman–Crippen MR) is 157 cm³/mol. The van der Waals surface area contributed by atoms with Crippen molar-refractivity contribution < 1.29 is 89.7 Å². The van der Waals surface area contributed by atoms with Crippen LogP contribution in [0, 0.1) is 0 Å². The fourth-order valence-corrected chi connectivity index (χ4v) is 9.63. The lowest BCUT2D eigenvalue weighted by Gasteiger charge is -2.21. The molecule has 5 rings (SSSR count). The standard InChI is InChI=1S/C19H27N7O21P4/c20-15-10-16(22-5-21-15)26(6-23-10)18-14(31)12(29)8(44-18)4-42-49(35,36)46-51(39,40)47-50(37,38)45-48(33,34)41-3-7-11(28)13(30)17(43-7)25-2-1-9(27)24-19(25)32/h1-2,5-8,11-14,17-18,28-31H,3-4H2,(H,33,34)(H,35,36)(H,37,38)(H,39,40)(H2,20,21,22)(H,24,27,32)/t7-,8-,11-,12-,13-,14-,17+,18-/m1/s1. The lowest BCUT2D eigenvalue weighted by atomic mass is 10.1. The summed E-state index contributed by atoms with van der Waals surface area (Å²) in [6.45, 7) is -2.32. The van der Waals surface area contributed by atoms with Crippen molar-refractivity contribution in [2.24, 2.45) is 0 Å². The van der Waals surface area contributed by atoms with E-state index in [0.717, 1.165) is 29.5 Å². The van der Waals surface area contributed by atoms with Gasteiger partial charge in [-0.15, -0.1) is 0 Å². The lowest BCUT2D eigenvalue weighted by Crippen LogP contribution is -2.37. The zero-order chi connectivity index (χ0) is 37.7. The van der Waals surface area contributed by atoms with Crippen LogP contribution < -0.4 is 17.0 Å². The molecule has 11 N–H and O–H groups in total. The Morgan fingerprint density at radius 2 is 1.24 bits per heavy atom. The van der Waals surface area contributed by atoms with E-state index in [1.54, 1.807) is 0 Å². The zero-order valence-corrected chi connectivity index (χ0v) is 28.4. The molecule has 5 heterocycles. The first-order valence-electron chi connectivity index (χ1n) is 13.6. The molecule has 0 spiro atoms. The van der Waals surface area contributed by atoms with Crippen molar-refractivity contribution in [2.45, 2.75) is 49.1 Å². The molecule has 284 valence electrons. The second kappa shape index (κ2) is 14.6. The van der Waals surface area contributed by atoms with Crippen LogP contribution >= 0.6 is 31.3 Å². The number of nitrogen functional groups attached to an aromatic ring is 1. The SMILES string of the molecule is Nc1ncnc2c1ncn2[C@@H]1O[C@H](COP(=O)(O)OP(=O)(O)OP(=O)(O)OP(=O)(O)OC[C@H]2O[C@H](n3ccc(=O)[nH]c3=O)[C@H](O)[C@@H]2O)[C@@H](O)[C@H]1O. The first-order chi connectivity index (χ1) is 23.6. The van der Waals surface area contributed by atoms with Gasteiger partial charge in [-0.3, -0.25) is 28.0 Å². The molecule has 0 aliphatic carbocycles. The molecule has 4 unspecified atom stereocenters. The summed E-state index contributed by atoms with van der Waals surface area (Å²) in [5.74, 6) is -0.0228. The summed E-state index contributed by atoms with van der Waals surface area (Å²) in [5.41, 5.74) is 4.02. The van der Waals surface area contributed by atoms with Crippen molar-refractivity contribution in [3.63, 3.8) is 0 Å². The number of aliphatic hydroxyl groups is 4. The Balaban J connectivity index is 1.14. The first kappa shape index (κ1) is 39.6. The number of phosphoric ester groups is 2. The van der Waals surface area contributed by atoms with Crippen LogP contribution in [0.3, 0.4) is 0 Å². The normalized spacial score (nSPS) is 31.5. The van der Waals surface area contributed by atoms with Gasteiger partial charge in [0.05, 0.1) is 19.5 Å². The number of ether oxygens (including phenoxy) is 2. The highest BCUT2D eigenvalue weighted by atomic mass is 31.3. The van der Waals surface area contributed by atoms with Crippen LogP contribution in [-0.4, -0.2) is 119 Å². The second-order valence-corrected chi connectivity index (χ2v) is 16.6. The van der Waals surface area contributed by atoms with Gasteiger partial charge in [0.1, 0.15) is 48.5 Å². The van der Waals surface area contributed by atoms with Gasteiger partial charge in [0, 0.05) is 12.3 Å². The number of fused-ring (bicyclic) bond motifs is 1. The molecule has 0 saturated carbocycles. The molecule has 28 nitrogen and oxygen atoms in total. The number of nitrogens with zero attached hydrogens (tertiary/aromatic N) is 5. The fourth-order valence-electron chi connectivity index (χ4n) is 4.68. The number of aromatic nitrogens is 6. The third kappa shape index (κ3) is 9.12. The third-order valence-corrected chi connectivity index (χ3v) is 12.8. The number of hydrogen-bond donors (Lipinski definition) is 10. The van der Waals surface area contributed by atoms with Gasteiger partial charge in [0.2, 0.25) is 0 Å². The Hall–Kier alpha value is -2.65. The van der Waals surface area contributed by atoms with Crippen LogP contribution in [0.2, 0.25) is 0 Å². The van der Waals surface area contributed by atoms with Crippen molar-refractivity contribution in [2.75, 3.05) is 18.9 Å². The Kier molecular flexibility index (Phi) is 11.4. The summed E-state index contributed by atoms with van der Waals surface area (Å²) in [5, 5.41) is 41.2. The molecule has 51 heavy (non-hydrogen) atoms. The highest BCUT2D eigenvalue weighted by molar-refractivity contribution is 7.69. The highest BCUT2D eigenvalue weighted by Crippen LogP contribution is 2.71. The first-order valence-corrected chi connectivity index (χ1v) is 19.6. The quantitative estimate of drug-likeness (QED) is 0.0712. The average Bonchev–Trinajstić information content (AvgIpc) is 3.64. The summed E-state index contributed by atoms with van der Waals surface area (Å²) in [6, 6.07) is 0.876. The highest BCUT2D eigenvalue weighted by Gasteiger charge is 2.50. The van der Waals surface area contributed by atoms with Gasteiger partial charge in [0.25, 0.3) is 5.56 Å². The lowest BCUT2D eigenvalue weighted by molar-refractivity contribution is -0.0542. The van der Waals surface area contributed by atoms with E-state index in [0.29, 0.717) is 4.57 Å². The number of phosphoric acid groups is 4. The van der Waals surface area contributed by atoms with Crippen LogP contribution in [0.15, 0.2) is 34.5 Å². The monoisotopic (exact) mass is 813 g/mol.